The molecule has 0 atom stereocenters. The number of hydrogen-bond acceptors (Lipinski definition) is 6. The monoisotopic (exact) mass is 489 g/mol. The molecule has 0 aliphatic heterocycles. The SMILES string of the molecule is CN(CCCNc1nc(Cc2ccccc2)nc2[nH]c3cc(C(=O)O)ccc3c12)C(=O)OC(C)(C)C. The van der Waals surface area contributed by atoms with Gasteiger partial charge in [0.25, 0.3) is 0 Å². The van der Waals surface area contributed by atoms with Crippen LogP contribution in [0.1, 0.15) is 48.9 Å². The van der Waals surface area contributed by atoms with E-state index in [2.05, 4.69) is 10.3 Å². The van der Waals surface area contributed by atoms with Crippen molar-refractivity contribution < 1.29 is 19.4 Å². The van der Waals surface area contributed by atoms with E-state index >= 15 is 0 Å². The molecule has 0 radical (unpaired) electrons. The number of aromatic amines is 1. The summed E-state index contributed by atoms with van der Waals surface area (Å²) in [6.07, 6.45) is 0.881. The fourth-order valence-electron chi connectivity index (χ4n) is 3.92. The van der Waals surface area contributed by atoms with Gasteiger partial charge in [-0.1, -0.05) is 36.4 Å². The third kappa shape index (κ3) is 5.91. The van der Waals surface area contributed by atoms with E-state index in [0.29, 0.717) is 48.7 Å². The number of fused-ring (bicyclic) bond motifs is 3. The highest BCUT2D eigenvalue weighted by molar-refractivity contribution is 6.12. The highest BCUT2D eigenvalue weighted by Crippen LogP contribution is 2.30. The lowest BCUT2D eigenvalue weighted by molar-refractivity contribution is 0.0298. The van der Waals surface area contributed by atoms with E-state index in [1.807, 2.05) is 51.1 Å². The Morgan fingerprint density at radius 1 is 1.11 bits per heavy atom. The van der Waals surface area contributed by atoms with Gasteiger partial charge in [0.05, 0.1) is 10.9 Å². The molecule has 0 aliphatic rings. The maximum Gasteiger partial charge on any atom is 0.410 e. The Labute approximate surface area is 209 Å². The lowest BCUT2D eigenvalue weighted by Gasteiger charge is -2.24. The number of nitrogens with zero attached hydrogens (tertiary/aromatic N) is 3. The van der Waals surface area contributed by atoms with Gasteiger partial charge in [0, 0.05) is 37.5 Å². The molecule has 0 spiro atoms. The average Bonchev–Trinajstić information content (AvgIpc) is 3.18. The zero-order valence-electron chi connectivity index (χ0n) is 21.0. The number of carboxylic acid groups (broad SMARTS) is 1. The van der Waals surface area contributed by atoms with Crippen LogP contribution in [0, 0.1) is 0 Å². The Balaban J connectivity index is 1.58. The van der Waals surface area contributed by atoms with E-state index in [4.69, 9.17) is 14.7 Å². The van der Waals surface area contributed by atoms with Crippen LogP contribution in [0.25, 0.3) is 21.9 Å². The Bertz CT molecular complexity index is 1390. The predicted octanol–water partition coefficient (Wildman–Crippen LogP) is 5.07. The third-order valence-electron chi connectivity index (χ3n) is 5.62. The van der Waals surface area contributed by atoms with Crippen LogP contribution < -0.4 is 5.32 Å². The number of ether oxygens (including phenoxy) is 1. The maximum absolute atomic E-state index is 12.2. The number of benzene rings is 2. The molecule has 0 aliphatic carbocycles. The molecule has 0 saturated heterocycles. The normalized spacial score (nSPS) is 11.6. The zero-order valence-corrected chi connectivity index (χ0v) is 21.0. The number of carboxylic acids is 1. The van der Waals surface area contributed by atoms with Gasteiger partial charge in [-0.25, -0.2) is 19.6 Å². The second-order valence-electron chi connectivity index (χ2n) is 9.75. The van der Waals surface area contributed by atoms with Crippen LogP contribution in [-0.4, -0.2) is 62.8 Å². The first-order chi connectivity index (χ1) is 17.1. The summed E-state index contributed by atoms with van der Waals surface area (Å²) in [5.74, 6) is 0.325. The number of H-pyrrole nitrogens is 1. The van der Waals surface area contributed by atoms with Crippen LogP contribution in [0.4, 0.5) is 10.6 Å². The van der Waals surface area contributed by atoms with E-state index in [9.17, 15) is 14.7 Å². The van der Waals surface area contributed by atoms with Crippen molar-refractivity contribution in [3.63, 3.8) is 0 Å². The fourth-order valence-corrected chi connectivity index (χ4v) is 3.92. The lowest BCUT2D eigenvalue weighted by Crippen LogP contribution is -2.35. The van der Waals surface area contributed by atoms with Crippen LogP contribution in [0.2, 0.25) is 0 Å². The molecule has 36 heavy (non-hydrogen) atoms. The van der Waals surface area contributed by atoms with Gasteiger partial charge in [0.2, 0.25) is 0 Å². The third-order valence-corrected chi connectivity index (χ3v) is 5.62. The van der Waals surface area contributed by atoms with E-state index in [-0.39, 0.29) is 11.7 Å². The number of amides is 1. The molecule has 9 heteroatoms. The molecule has 2 heterocycles. The van der Waals surface area contributed by atoms with Crippen molar-refractivity contribution in [1.82, 2.24) is 19.9 Å². The van der Waals surface area contributed by atoms with Crippen molar-refractivity contribution in [3.8, 4) is 0 Å². The minimum atomic E-state index is -0.987. The Morgan fingerprint density at radius 3 is 2.56 bits per heavy atom. The molecule has 0 saturated carbocycles. The number of aromatic nitrogens is 3. The van der Waals surface area contributed by atoms with E-state index in [0.717, 1.165) is 16.3 Å². The second kappa shape index (κ2) is 10.2. The summed E-state index contributed by atoms with van der Waals surface area (Å²) in [7, 11) is 1.72. The van der Waals surface area contributed by atoms with E-state index in [1.165, 1.54) is 0 Å². The van der Waals surface area contributed by atoms with Crippen LogP contribution in [0.3, 0.4) is 0 Å². The van der Waals surface area contributed by atoms with Crippen LogP contribution in [0.15, 0.2) is 48.5 Å². The fraction of sp³-hybridized carbons (Fsp3) is 0.333. The van der Waals surface area contributed by atoms with Gasteiger partial charge in [-0.15, -0.1) is 0 Å². The summed E-state index contributed by atoms with van der Waals surface area (Å²) in [6, 6.07) is 14.9. The van der Waals surface area contributed by atoms with Gasteiger partial charge >= 0.3 is 12.1 Å². The molecule has 4 rings (SSSR count). The van der Waals surface area contributed by atoms with Crippen LogP contribution in [0.5, 0.6) is 0 Å². The van der Waals surface area contributed by atoms with E-state index < -0.39 is 11.6 Å². The topological polar surface area (TPSA) is 120 Å². The molecule has 188 valence electrons. The summed E-state index contributed by atoms with van der Waals surface area (Å²) >= 11 is 0. The van der Waals surface area contributed by atoms with Crippen LogP contribution >= 0.6 is 0 Å². The standard InChI is InChI=1S/C27H31N5O4/c1-27(2,3)36-26(35)32(4)14-8-13-28-23-22-19-12-11-18(25(33)34)16-20(19)29-24(22)31-21(30-23)15-17-9-6-5-7-10-17/h5-7,9-12,16H,8,13-15H2,1-4H3,(H,33,34)(H2,28,29,30,31). The molecule has 0 fully saturated rings. The number of rotatable bonds is 8. The zero-order chi connectivity index (χ0) is 25.9. The van der Waals surface area contributed by atoms with Gasteiger partial charge in [0.1, 0.15) is 22.9 Å². The molecule has 9 nitrogen and oxygen atoms in total. The minimum absolute atomic E-state index is 0.200. The van der Waals surface area contributed by atoms with Gasteiger partial charge in [-0.05, 0) is 44.9 Å². The number of carbonyl (C=O) groups is 2. The Morgan fingerprint density at radius 2 is 1.86 bits per heavy atom. The summed E-state index contributed by atoms with van der Waals surface area (Å²) in [6.45, 7) is 6.61. The molecule has 0 unspecified atom stereocenters. The molecule has 2 aromatic carbocycles. The Kier molecular flexibility index (Phi) is 7.10. The lowest BCUT2D eigenvalue weighted by atomic mass is 10.1. The first kappa shape index (κ1) is 25.0. The van der Waals surface area contributed by atoms with Gasteiger partial charge < -0.3 is 25.0 Å². The molecular weight excluding hydrogens is 458 g/mol. The highest BCUT2D eigenvalue weighted by atomic mass is 16.6. The van der Waals surface area contributed by atoms with E-state index in [1.54, 1.807) is 30.1 Å². The maximum atomic E-state index is 12.2. The predicted molar refractivity (Wildman–Crippen MR) is 140 cm³/mol. The summed E-state index contributed by atoms with van der Waals surface area (Å²) < 4.78 is 5.41. The van der Waals surface area contributed by atoms with Crippen molar-refractivity contribution in [1.29, 1.82) is 0 Å². The summed E-state index contributed by atoms with van der Waals surface area (Å²) in [5, 5.41) is 14.4. The second-order valence-corrected chi connectivity index (χ2v) is 9.75. The smallest absolute Gasteiger partial charge is 0.410 e. The number of anilines is 1. The van der Waals surface area contributed by atoms with Crippen molar-refractivity contribution >= 4 is 39.8 Å². The van der Waals surface area contributed by atoms with Gasteiger partial charge in [0.15, 0.2) is 0 Å². The molecule has 2 aromatic heterocycles. The molecule has 4 aromatic rings. The summed E-state index contributed by atoms with van der Waals surface area (Å²) in [5.41, 5.74) is 2.07. The number of hydrogen-bond donors (Lipinski definition) is 3. The largest absolute Gasteiger partial charge is 0.478 e. The van der Waals surface area contributed by atoms with Crippen molar-refractivity contribution in [2.24, 2.45) is 0 Å². The Hall–Kier alpha value is -4.14. The van der Waals surface area contributed by atoms with Crippen molar-refractivity contribution in [2.75, 3.05) is 25.5 Å². The van der Waals surface area contributed by atoms with Crippen molar-refractivity contribution in [3.05, 3.63) is 65.5 Å². The number of carbonyl (C=O) groups excluding carboxylic acids is 1. The van der Waals surface area contributed by atoms with Gasteiger partial charge in [-0.3, -0.25) is 0 Å². The van der Waals surface area contributed by atoms with Gasteiger partial charge in [-0.2, -0.15) is 0 Å². The number of nitrogens with one attached hydrogen (secondary N) is 2. The van der Waals surface area contributed by atoms with Crippen molar-refractivity contribution in [2.45, 2.75) is 39.2 Å². The molecular formula is C27H31N5O4. The summed E-state index contributed by atoms with van der Waals surface area (Å²) in [4.78, 5) is 38.0. The number of aromatic carboxylic acids is 1. The average molecular weight is 490 g/mol. The van der Waals surface area contributed by atoms with Crippen LogP contribution in [-0.2, 0) is 11.2 Å². The molecule has 1 amide bonds. The highest BCUT2D eigenvalue weighted by Gasteiger charge is 2.19. The first-order valence-corrected chi connectivity index (χ1v) is 11.9. The molecule has 0 bridgehead atoms. The first-order valence-electron chi connectivity index (χ1n) is 11.9. The quantitative estimate of drug-likeness (QED) is 0.296. The molecule has 3 N–H and O–H groups in total. The minimum Gasteiger partial charge on any atom is -0.478 e.